The van der Waals surface area contributed by atoms with Gasteiger partial charge >= 0.3 is 0 Å². The smallest absolute Gasteiger partial charge is 0.241 e. The third kappa shape index (κ3) is 3.74. The van der Waals surface area contributed by atoms with Crippen LogP contribution in [-0.2, 0) is 9.59 Å². The number of anilines is 2. The Balaban J connectivity index is 2.05. The van der Waals surface area contributed by atoms with Crippen LogP contribution in [0.4, 0.5) is 11.4 Å². The van der Waals surface area contributed by atoms with Crippen LogP contribution in [0.15, 0.2) is 23.1 Å². The zero-order valence-corrected chi connectivity index (χ0v) is 12.4. The summed E-state index contributed by atoms with van der Waals surface area (Å²) >= 11 is 1.49. The number of benzene rings is 1. The predicted molar refractivity (Wildman–Crippen MR) is 81.9 cm³/mol. The molecule has 0 spiro atoms. The minimum atomic E-state index is -0.519. The fourth-order valence-electron chi connectivity index (χ4n) is 2.01. The summed E-state index contributed by atoms with van der Waals surface area (Å²) in [6.45, 7) is 4.05. The van der Waals surface area contributed by atoms with E-state index in [0.717, 1.165) is 10.6 Å². The highest BCUT2D eigenvalue weighted by Crippen LogP contribution is 2.33. The number of hydrogen-bond donors (Lipinski definition) is 3. The van der Waals surface area contributed by atoms with Gasteiger partial charge in [0.1, 0.15) is 0 Å². The summed E-state index contributed by atoms with van der Waals surface area (Å²) < 4.78 is 0. The van der Waals surface area contributed by atoms with Gasteiger partial charge in [-0.3, -0.25) is 9.59 Å². The Kier molecular flexibility index (Phi) is 4.67. The third-order valence-electron chi connectivity index (χ3n) is 2.94. The van der Waals surface area contributed by atoms with E-state index >= 15 is 0 Å². The molecule has 1 aromatic carbocycles. The van der Waals surface area contributed by atoms with E-state index in [1.807, 2.05) is 26.0 Å². The van der Waals surface area contributed by atoms with Crippen molar-refractivity contribution in [1.82, 2.24) is 0 Å². The SMILES string of the molecule is CC(C)C[C@@H](N)C(=O)Nc1ccc2c(c1)NC(=O)CS2. The molecule has 0 bridgehead atoms. The van der Waals surface area contributed by atoms with E-state index in [-0.39, 0.29) is 11.8 Å². The van der Waals surface area contributed by atoms with Crippen LogP contribution in [0.25, 0.3) is 0 Å². The lowest BCUT2D eigenvalue weighted by Gasteiger charge is -2.18. The van der Waals surface area contributed by atoms with Crippen LogP contribution in [0.5, 0.6) is 0 Å². The van der Waals surface area contributed by atoms with Crippen molar-refractivity contribution in [3.05, 3.63) is 18.2 Å². The molecule has 0 saturated heterocycles. The maximum Gasteiger partial charge on any atom is 0.241 e. The molecule has 108 valence electrons. The standard InChI is InChI=1S/C14H19N3O2S/c1-8(2)5-10(15)14(19)16-9-3-4-12-11(6-9)17-13(18)7-20-12/h3-4,6,8,10H,5,7,15H2,1-2H3,(H,16,19)(H,17,18)/t10-/m1/s1. The average Bonchev–Trinajstić information content (AvgIpc) is 2.37. The normalized spacial score (nSPS) is 15.5. The van der Waals surface area contributed by atoms with Gasteiger partial charge in [0.25, 0.3) is 0 Å². The number of nitrogens with two attached hydrogens (primary N) is 1. The highest BCUT2D eigenvalue weighted by atomic mass is 32.2. The molecule has 0 aromatic heterocycles. The summed E-state index contributed by atoms with van der Waals surface area (Å²) in [5.74, 6) is 0.573. The molecule has 0 aliphatic carbocycles. The number of nitrogens with one attached hydrogen (secondary N) is 2. The summed E-state index contributed by atoms with van der Waals surface area (Å²) in [5, 5.41) is 5.58. The fourth-order valence-corrected chi connectivity index (χ4v) is 2.80. The summed E-state index contributed by atoms with van der Waals surface area (Å²) in [6, 6.07) is 4.96. The summed E-state index contributed by atoms with van der Waals surface area (Å²) in [6.07, 6.45) is 0.642. The van der Waals surface area contributed by atoms with Crippen molar-refractivity contribution in [1.29, 1.82) is 0 Å². The Morgan fingerprint density at radius 3 is 2.95 bits per heavy atom. The molecular formula is C14H19N3O2S. The number of rotatable bonds is 4. The van der Waals surface area contributed by atoms with Crippen molar-refractivity contribution in [2.45, 2.75) is 31.2 Å². The van der Waals surface area contributed by atoms with Gasteiger partial charge in [0.15, 0.2) is 0 Å². The van der Waals surface area contributed by atoms with Gasteiger partial charge in [-0.05, 0) is 30.5 Å². The monoisotopic (exact) mass is 293 g/mol. The molecule has 2 rings (SSSR count). The van der Waals surface area contributed by atoms with Crippen LogP contribution in [-0.4, -0.2) is 23.6 Å². The Hall–Kier alpha value is -1.53. The lowest BCUT2D eigenvalue weighted by atomic mass is 10.0. The molecule has 0 fully saturated rings. The van der Waals surface area contributed by atoms with E-state index in [1.54, 1.807) is 6.07 Å². The molecule has 4 N–H and O–H groups in total. The molecule has 20 heavy (non-hydrogen) atoms. The van der Waals surface area contributed by atoms with Crippen molar-refractivity contribution in [2.75, 3.05) is 16.4 Å². The number of carbonyl (C=O) groups excluding carboxylic acids is 2. The van der Waals surface area contributed by atoms with Gasteiger partial charge < -0.3 is 16.4 Å². The lowest BCUT2D eigenvalue weighted by Crippen LogP contribution is -2.36. The second-order valence-electron chi connectivity index (χ2n) is 5.27. The molecule has 1 aliphatic rings. The van der Waals surface area contributed by atoms with Gasteiger partial charge in [-0.2, -0.15) is 0 Å². The topological polar surface area (TPSA) is 84.2 Å². The van der Waals surface area contributed by atoms with Crippen LogP contribution in [0, 0.1) is 5.92 Å². The molecule has 5 nitrogen and oxygen atoms in total. The van der Waals surface area contributed by atoms with Crippen molar-refractivity contribution in [2.24, 2.45) is 11.7 Å². The Labute approximate surface area is 122 Å². The number of carbonyl (C=O) groups is 2. The van der Waals surface area contributed by atoms with E-state index < -0.39 is 6.04 Å². The van der Waals surface area contributed by atoms with Crippen LogP contribution >= 0.6 is 11.8 Å². The van der Waals surface area contributed by atoms with E-state index in [0.29, 0.717) is 23.8 Å². The minimum Gasteiger partial charge on any atom is -0.325 e. The van der Waals surface area contributed by atoms with Crippen molar-refractivity contribution in [3.63, 3.8) is 0 Å². The Morgan fingerprint density at radius 2 is 2.25 bits per heavy atom. The molecule has 1 atom stereocenters. The van der Waals surface area contributed by atoms with Gasteiger partial charge in [-0.1, -0.05) is 13.8 Å². The molecule has 1 aromatic rings. The maximum absolute atomic E-state index is 12.0. The lowest BCUT2D eigenvalue weighted by molar-refractivity contribution is -0.117. The largest absolute Gasteiger partial charge is 0.325 e. The molecular weight excluding hydrogens is 274 g/mol. The Bertz CT molecular complexity index is 531. The fraction of sp³-hybridized carbons (Fsp3) is 0.429. The third-order valence-corrected chi connectivity index (χ3v) is 4.02. The summed E-state index contributed by atoms with van der Waals surface area (Å²) in [7, 11) is 0. The average molecular weight is 293 g/mol. The van der Waals surface area contributed by atoms with Crippen molar-refractivity contribution < 1.29 is 9.59 Å². The molecule has 1 aliphatic heterocycles. The minimum absolute atomic E-state index is 0.0255. The zero-order chi connectivity index (χ0) is 14.7. The first-order chi connectivity index (χ1) is 9.45. The number of hydrogen-bond acceptors (Lipinski definition) is 4. The first-order valence-corrected chi connectivity index (χ1v) is 7.57. The Morgan fingerprint density at radius 1 is 1.50 bits per heavy atom. The maximum atomic E-state index is 12.0. The second kappa shape index (κ2) is 6.28. The number of fused-ring (bicyclic) bond motifs is 1. The molecule has 2 amide bonds. The van der Waals surface area contributed by atoms with E-state index in [1.165, 1.54) is 11.8 Å². The predicted octanol–water partition coefficient (Wildman–Crippen LogP) is 2.04. The van der Waals surface area contributed by atoms with Gasteiger partial charge in [0.2, 0.25) is 11.8 Å². The summed E-state index contributed by atoms with van der Waals surface area (Å²) in [4.78, 5) is 24.3. The first-order valence-electron chi connectivity index (χ1n) is 6.59. The van der Waals surface area contributed by atoms with Gasteiger partial charge in [-0.25, -0.2) is 0 Å². The van der Waals surface area contributed by atoms with Gasteiger partial charge in [0, 0.05) is 10.6 Å². The van der Waals surface area contributed by atoms with Gasteiger partial charge in [-0.15, -0.1) is 11.8 Å². The van der Waals surface area contributed by atoms with Gasteiger partial charge in [0.05, 0.1) is 17.5 Å². The highest BCUT2D eigenvalue weighted by Gasteiger charge is 2.18. The van der Waals surface area contributed by atoms with Crippen LogP contribution in [0.1, 0.15) is 20.3 Å². The number of thioether (sulfide) groups is 1. The molecule has 0 saturated carbocycles. The first kappa shape index (κ1) is 14.9. The second-order valence-corrected chi connectivity index (χ2v) is 6.29. The van der Waals surface area contributed by atoms with Crippen LogP contribution in [0.3, 0.4) is 0 Å². The molecule has 6 heteroatoms. The van der Waals surface area contributed by atoms with E-state index in [2.05, 4.69) is 10.6 Å². The molecule has 0 unspecified atom stereocenters. The summed E-state index contributed by atoms with van der Waals surface area (Å²) in [5.41, 5.74) is 7.23. The van der Waals surface area contributed by atoms with E-state index in [4.69, 9.17) is 5.73 Å². The highest BCUT2D eigenvalue weighted by molar-refractivity contribution is 8.00. The quantitative estimate of drug-likeness (QED) is 0.793. The molecule has 1 heterocycles. The van der Waals surface area contributed by atoms with Crippen LogP contribution in [0.2, 0.25) is 0 Å². The van der Waals surface area contributed by atoms with E-state index in [9.17, 15) is 9.59 Å². The molecule has 0 radical (unpaired) electrons. The van der Waals surface area contributed by atoms with Crippen molar-refractivity contribution >= 4 is 35.0 Å². The number of amides is 2. The van der Waals surface area contributed by atoms with Crippen LogP contribution < -0.4 is 16.4 Å². The van der Waals surface area contributed by atoms with Crippen molar-refractivity contribution in [3.8, 4) is 0 Å². The zero-order valence-electron chi connectivity index (χ0n) is 11.6.